The SMILES string of the molecule is Cc1ccc(N2CCN(c3nc(NCCN4CCN(C(=O)OC(C)(C)C)CC4)nc(N4CCOCC4)c3F)CC2)cc1. The van der Waals surface area contributed by atoms with E-state index in [0.717, 1.165) is 32.7 Å². The molecule has 1 amide bonds. The molecule has 1 N–H and O–H groups in total. The van der Waals surface area contributed by atoms with Crippen molar-refractivity contribution in [3.8, 4) is 0 Å². The van der Waals surface area contributed by atoms with Gasteiger partial charge in [0.2, 0.25) is 11.8 Å². The number of aryl methyl sites for hydroxylation is 1. The lowest BCUT2D eigenvalue weighted by Crippen LogP contribution is -2.50. The van der Waals surface area contributed by atoms with Crippen molar-refractivity contribution in [2.75, 3.05) is 112 Å². The number of anilines is 4. The number of hydrogen-bond acceptors (Lipinski definition) is 10. The van der Waals surface area contributed by atoms with Crippen LogP contribution in [0.25, 0.3) is 0 Å². The van der Waals surface area contributed by atoms with Gasteiger partial charge in [-0.25, -0.2) is 4.79 Å². The van der Waals surface area contributed by atoms with Gasteiger partial charge in [0, 0.05) is 84.2 Å². The third-order valence-electron chi connectivity index (χ3n) is 7.84. The molecule has 42 heavy (non-hydrogen) atoms. The van der Waals surface area contributed by atoms with E-state index in [1.807, 2.05) is 30.6 Å². The third-order valence-corrected chi connectivity index (χ3v) is 7.84. The van der Waals surface area contributed by atoms with Crippen LogP contribution < -0.4 is 20.0 Å². The fourth-order valence-corrected chi connectivity index (χ4v) is 5.44. The zero-order chi connectivity index (χ0) is 29.7. The number of amides is 1. The summed E-state index contributed by atoms with van der Waals surface area (Å²) >= 11 is 0. The molecule has 1 aromatic carbocycles. The van der Waals surface area contributed by atoms with Crippen molar-refractivity contribution in [3.05, 3.63) is 35.6 Å². The Bertz CT molecular complexity index is 1190. The van der Waals surface area contributed by atoms with E-state index >= 15 is 4.39 Å². The van der Waals surface area contributed by atoms with Gasteiger partial charge in [0.05, 0.1) is 13.2 Å². The van der Waals surface area contributed by atoms with Crippen LogP contribution in [-0.2, 0) is 9.47 Å². The average Bonchev–Trinajstić information content (AvgIpc) is 2.98. The lowest BCUT2D eigenvalue weighted by atomic mass is 10.2. The van der Waals surface area contributed by atoms with Gasteiger partial charge < -0.3 is 34.4 Å². The number of carbonyl (C=O) groups excluding carboxylic acids is 1. The van der Waals surface area contributed by atoms with E-state index in [-0.39, 0.29) is 11.9 Å². The normalized spacial score (nSPS) is 18.8. The Morgan fingerprint density at radius 1 is 0.881 bits per heavy atom. The molecule has 230 valence electrons. The fourth-order valence-electron chi connectivity index (χ4n) is 5.44. The number of nitrogens with zero attached hydrogens (tertiary/aromatic N) is 7. The topological polar surface area (TPSA) is 89.5 Å². The van der Waals surface area contributed by atoms with Crippen LogP contribution in [0.5, 0.6) is 0 Å². The minimum atomic E-state index is -0.499. The molecule has 3 saturated heterocycles. The zero-order valence-electron chi connectivity index (χ0n) is 25.4. The van der Waals surface area contributed by atoms with Crippen LogP contribution in [0.15, 0.2) is 24.3 Å². The van der Waals surface area contributed by atoms with Crippen molar-refractivity contribution in [2.45, 2.75) is 33.3 Å². The summed E-state index contributed by atoms with van der Waals surface area (Å²) in [5, 5.41) is 3.35. The first-order chi connectivity index (χ1) is 20.2. The standard InChI is InChI=1S/C30H45FN8O3/c1-23-5-7-24(8-6-23)36-15-17-37(18-16-36)26-25(31)27(38-19-21-41-22-20-38)34-28(33-26)32-9-10-35-11-13-39(14-12-35)29(40)42-30(2,3)4/h5-8H,9-22H2,1-4H3,(H,32,33,34). The molecule has 0 unspecified atom stereocenters. The summed E-state index contributed by atoms with van der Waals surface area (Å²) in [6.07, 6.45) is -0.261. The highest BCUT2D eigenvalue weighted by Gasteiger charge is 2.28. The molecule has 4 heterocycles. The Morgan fingerprint density at radius 3 is 2.05 bits per heavy atom. The Balaban J connectivity index is 1.21. The number of halogens is 1. The molecule has 0 radical (unpaired) electrons. The molecule has 0 aliphatic carbocycles. The molecular weight excluding hydrogens is 539 g/mol. The first-order valence-corrected chi connectivity index (χ1v) is 15.1. The highest BCUT2D eigenvalue weighted by Crippen LogP contribution is 2.29. The van der Waals surface area contributed by atoms with Crippen LogP contribution in [-0.4, -0.2) is 123 Å². The number of rotatable bonds is 7. The number of morpholine rings is 1. The summed E-state index contributed by atoms with van der Waals surface area (Å²) in [6.45, 7) is 17.1. The maximum Gasteiger partial charge on any atom is 0.410 e. The van der Waals surface area contributed by atoms with Crippen LogP contribution in [0, 0.1) is 12.7 Å². The molecule has 1 aromatic heterocycles. The Hall–Kier alpha value is -3.38. The van der Waals surface area contributed by atoms with E-state index in [9.17, 15) is 4.79 Å². The maximum absolute atomic E-state index is 16.0. The molecule has 12 heteroatoms. The highest BCUT2D eigenvalue weighted by molar-refractivity contribution is 5.68. The minimum absolute atomic E-state index is 0.261. The second kappa shape index (κ2) is 13.3. The molecule has 0 bridgehead atoms. The maximum atomic E-state index is 16.0. The van der Waals surface area contributed by atoms with Crippen LogP contribution >= 0.6 is 0 Å². The fraction of sp³-hybridized carbons (Fsp3) is 0.633. The number of benzene rings is 1. The number of aromatic nitrogens is 2. The molecule has 0 spiro atoms. The van der Waals surface area contributed by atoms with Gasteiger partial charge in [-0.2, -0.15) is 14.4 Å². The summed E-state index contributed by atoms with van der Waals surface area (Å²) < 4.78 is 27.0. The lowest BCUT2D eigenvalue weighted by molar-refractivity contribution is 0.0148. The van der Waals surface area contributed by atoms with Crippen molar-refractivity contribution in [3.63, 3.8) is 0 Å². The molecule has 2 aromatic rings. The summed E-state index contributed by atoms with van der Waals surface area (Å²) in [4.78, 5) is 32.1. The Labute approximate surface area is 248 Å². The summed E-state index contributed by atoms with van der Waals surface area (Å²) in [7, 11) is 0. The van der Waals surface area contributed by atoms with Crippen molar-refractivity contribution in [1.82, 2.24) is 19.8 Å². The number of ether oxygens (including phenoxy) is 2. The van der Waals surface area contributed by atoms with E-state index in [0.29, 0.717) is 76.6 Å². The third kappa shape index (κ3) is 7.71. The summed E-state index contributed by atoms with van der Waals surface area (Å²) in [5.41, 5.74) is 1.92. The predicted molar refractivity (Wildman–Crippen MR) is 163 cm³/mol. The second-order valence-electron chi connectivity index (χ2n) is 12.2. The lowest BCUT2D eigenvalue weighted by Gasteiger charge is -2.37. The van der Waals surface area contributed by atoms with E-state index in [2.05, 4.69) is 56.3 Å². The first-order valence-electron chi connectivity index (χ1n) is 15.1. The van der Waals surface area contributed by atoms with Gasteiger partial charge in [0.25, 0.3) is 0 Å². The quantitative estimate of drug-likeness (QED) is 0.524. The van der Waals surface area contributed by atoms with E-state index in [1.165, 1.54) is 11.3 Å². The van der Waals surface area contributed by atoms with Gasteiger partial charge in [0.15, 0.2) is 11.6 Å². The summed E-state index contributed by atoms with van der Waals surface area (Å²) in [6, 6.07) is 8.54. The van der Waals surface area contributed by atoms with Crippen LogP contribution in [0.2, 0.25) is 0 Å². The number of carbonyl (C=O) groups is 1. The van der Waals surface area contributed by atoms with Crippen LogP contribution in [0.1, 0.15) is 26.3 Å². The molecule has 3 aliphatic rings. The smallest absolute Gasteiger partial charge is 0.410 e. The molecule has 3 fully saturated rings. The first kappa shape index (κ1) is 30.1. The zero-order valence-corrected chi connectivity index (χ0v) is 25.4. The minimum Gasteiger partial charge on any atom is -0.444 e. The monoisotopic (exact) mass is 584 g/mol. The molecular formula is C30H45FN8O3. The van der Waals surface area contributed by atoms with Crippen molar-refractivity contribution >= 4 is 29.4 Å². The Kier molecular flexibility index (Phi) is 9.52. The molecule has 3 aliphatic heterocycles. The molecule has 0 saturated carbocycles. The number of hydrogen-bond donors (Lipinski definition) is 1. The van der Waals surface area contributed by atoms with Crippen molar-refractivity contribution in [2.24, 2.45) is 0 Å². The number of nitrogens with one attached hydrogen (secondary N) is 1. The predicted octanol–water partition coefficient (Wildman–Crippen LogP) is 3.05. The molecule has 0 atom stereocenters. The Morgan fingerprint density at radius 2 is 1.45 bits per heavy atom. The van der Waals surface area contributed by atoms with Gasteiger partial charge in [-0.15, -0.1) is 0 Å². The second-order valence-corrected chi connectivity index (χ2v) is 12.2. The van der Waals surface area contributed by atoms with Gasteiger partial charge >= 0.3 is 6.09 Å². The van der Waals surface area contributed by atoms with E-state index in [4.69, 9.17) is 9.47 Å². The van der Waals surface area contributed by atoms with Crippen LogP contribution in [0.3, 0.4) is 0 Å². The van der Waals surface area contributed by atoms with E-state index < -0.39 is 5.60 Å². The van der Waals surface area contributed by atoms with Gasteiger partial charge in [-0.1, -0.05) is 17.7 Å². The van der Waals surface area contributed by atoms with E-state index in [1.54, 1.807) is 4.90 Å². The summed E-state index contributed by atoms with van der Waals surface area (Å²) in [5.74, 6) is 0.743. The molecule has 5 rings (SSSR count). The highest BCUT2D eigenvalue weighted by atomic mass is 19.1. The molecule has 11 nitrogen and oxygen atoms in total. The average molecular weight is 585 g/mol. The van der Waals surface area contributed by atoms with Gasteiger partial charge in [-0.3, -0.25) is 4.90 Å². The van der Waals surface area contributed by atoms with Gasteiger partial charge in [-0.05, 0) is 39.8 Å². The largest absolute Gasteiger partial charge is 0.444 e. The number of piperazine rings is 2. The van der Waals surface area contributed by atoms with Crippen molar-refractivity contribution < 1.29 is 18.7 Å². The van der Waals surface area contributed by atoms with Crippen molar-refractivity contribution in [1.29, 1.82) is 0 Å². The van der Waals surface area contributed by atoms with Gasteiger partial charge in [0.1, 0.15) is 5.60 Å². The van der Waals surface area contributed by atoms with Crippen LogP contribution in [0.4, 0.5) is 32.5 Å².